The minimum Gasteiger partial charge on any atom is -0.548 e. The van der Waals surface area contributed by atoms with Crippen LogP contribution >= 0.6 is 0 Å². The number of carbonyl (C=O) groups is 2. The number of aryl methyl sites for hydroxylation is 1. The number of benzene rings is 1. The van der Waals surface area contributed by atoms with Gasteiger partial charge in [-0.3, -0.25) is 4.79 Å². The monoisotopic (exact) mass is 268 g/mol. The summed E-state index contributed by atoms with van der Waals surface area (Å²) in [5.74, 6) is -2.65. The molecule has 0 saturated heterocycles. The van der Waals surface area contributed by atoms with Gasteiger partial charge in [0, 0.05) is 12.1 Å². The van der Waals surface area contributed by atoms with Crippen LogP contribution in [0.1, 0.15) is 17.5 Å². The maximum absolute atomic E-state index is 13.7. The summed E-state index contributed by atoms with van der Waals surface area (Å²) in [5.41, 5.74) is 0.927. The van der Waals surface area contributed by atoms with Gasteiger partial charge in [0.25, 0.3) is 0 Å². The lowest BCUT2D eigenvalue weighted by atomic mass is 9.87. The fourth-order valence-corrected chi connectivity index (χ4v) is 2.45. The number of halogens is 2. The molecule has 2 rings (SSSR count). The highest BCUT2D eigenvalue weighted by molar-refractivity contribution is 5.70. The predicted molar refractivity (Wildman–Crippen MR) is 59.9 cm³/mol. The van der Waals surface area contributed by atoms with Crippen LogP contribution in [0.4, 0.5) is 8.78 Å². The van der Waals surface area contributed by atoms with Gasteiger partial charge in [-0.05, 0) is 36.5 Å². The molecule has 0 radical (unpaired) electrons. The highest BCUT2D eigenvalue weighted by atomic mass is 19.1. The van der Waals surface area contributed by atoms with Crippen molar-refractivity contribution in [2.24, 2.45) is 0 Å². The highest BCUT2D eigenvalue weighted by Crippen LogP contribution is 2.27. The zero-order valence-corrected chi connectivity index (χ0v) is 10.1. The first-order valence-corrected chi connectivity index (χ1v) is 5.89. The van der Waals surface area contributed by atoms with E-state index in [2.05, 4.69) is 0 Å². The maximum Gasteiger partial charge on any atom is 0.210 e. The van der Waals surface area contributed by atoms with Crippen molar-refractivity contribution in [3.05, 3.63) is 34.9 Å². The molecule has 0 aromatic heterocycles. The summed E-state index contributed by atoms with van der Waals surface area (Å²) in [6.07, 6.45) is 1.49. The first-order valence-electron chi connectivity index (χ1n) is 5.89. The summed E-state index contributed by atoms with van der Waals surface area (Å²) in [5, 5.41) is 10.5. The van der Waals surface area contributed by atoms with Crippen molar-refractivity contribution >= 4 is 12.4 Å². The standard InChI is InChI=1S/C13H13F2NO3/c14-9-3-8-1-2-10(5-11(8)12(15)4-9)16(7-17)6-13(18)19/h3-4,7,10H,1-2,5-6H2,(H,18,19)/p-1. The average molecular weight is 268 g/mol. The molecule has 0 saturated carbocycles. The molecule has 1 unspecified atom stereocenters. The molecule has 0 fully saturated rings. The van der Waals surface area contributed by atoms with E-state index in [0.29, 0.717) is 30.4 Å². The van der Waals surface area contributed by atoms with Gasteiger partial charge in [-0.25, -0.2) is 8.78 Å². The van der Waals surface area contributed by atoms with Gasteiger partial charge in [0.15, 0.2) is 0 Å². The van der Waals surface area contributed by atoms with E-state index in [1.165, 1.54) is 6.07 Å². The number of amides is 1. The molecule has 6 heteroatoms. The third-order valence-corrected chi connectivity index (χ3v) is 3.36. The first kappa shape index (κ1) is 13.5. The maximum atomic E-state index is 13.7. The predicted octanol–water partition coefficient (Wildman–Crippen LogP) is 0.0304. The summed E-state index contributed by atoms with van der Waals surface area (Å²) in [6, 6.07) is 1.67. The Morgan fingerprint density at radius 2 is 2.21 bits per heavy atom. The molecule has 19 heavy (non-hydrogen) atoms. The van der Waals surface area contributed by atoms with Crippen LogP contribution in [0.25, 0.3) is 0 Å². The number of rotatable bonds is 4. The zero-order chi connectivity index (χ0) is 14.0. The summed E-state index contributed by atoms with van der Waals surface area (Å²) in [4.78, 5) is 22.5. The third kappa shape index (κ3) is 2.89. The lowest BCUT2D eigenvalue weighted by molar-refractivity contribution is -0.306. The molecular weight excluding hydrogens is 256 g/mol. The molecule has 1 aromatic rings. The first-order chi connectivity index (χ1) is 9.01. The molecule has 102 valence electrons. The van der Waals surface area contributed by atoms with E-state index in [1.54, 1.807) is 0 Å². The van der Waals surface area contributed by atoms with E-state index in [9.17, 15) is 23.5 Å². The Morgan fingerprint density at radius 1 is 1.47 bits per heavy atom. The number of carboxylic acid groups (broad SMARTS) is 1. The van der Waals surface area contributed by atoms with Crippen molar-refractivity contribution in [3.63, 3.8) is 0 Å². The molecule has 0 N–H and O–H groups in total. The van der Waals surface area contributed by atoms with Crippen LogP contribution in [0.5, 0.6) is 0 Å². The third-order valence-electron chi connectivity index (χ3n) is 3.36. The lowest BCUT2D eigenvalue weighted by Crippen LogP contribution is -2.45. The van der Waals surface area contributed by atoms with Crippen LogP contribution in [0.2, 0.25) is 0 Å². The second-order valence-corrected chi connectivity index (χ2v) is 4.57. The van der Waals surface area contributed by atoms with Crippen LogP contribution in [-0.4, -0.2) is 29.9 Å². The minimum atomic E-state index is -1.36. The molecule has 1 aliphatic carbocycles. The number of carbonyl (C=O) groups excluding carboxylic acids is 2. The van der Waals surface area contributed by atoms with Gasteiger partial charge in [-0.2, -0.15) is 0 Å². The van der Waals surface area contributed by atoms with Gasteiger partial charge < -0.3 is 14.8 Å². The normalized spacial score (nSPS) is 17.7. The van der Waals surface area contributed by atoms with Gasteiger partial charge in [0.05, 0.1) is 12.5 Å². The molecule has 1 aromatic carbocycles. The quantitative estimate of drug-likeness (QED) is 0.724. The molecule has 0 heterocycles. The van der Waals surface area contributed by atoms with Gasteiger partial charge in [-0.15, -0.1) is 0 Å². The van der Waals surface area contributed by atoms with Crippen LogP contribution in [0, 0.1) is 11.6 Å². The van der Waals surface area contributed by atoms with E-state index in [1.807, 2.05) is 0 Å². The second kappa shape index (κ2) is 5.34. The minimum absolute atomic E-state index is 0.188. The molecule has 0 spiro atoms. The van der Waals surface area contributed by atoms with Gasteiger partial charge in [0.2, 0.25) is 6.41 Å². The lowest BCUT2D eigenvalue weighted by Gasteiger charge is -2.33. The summed E-state index contributed by atoms with van der Waals surface area (Å²) in [6.45, 7) is -0.522. The van der Waals surface area contributed by atoms with Crippen LogP contribution in [0.3, 0.4) is 0 Å². The van der Waals surface area contributed by atoms with Crippen LogP contribution in [0.15, 0.2) is 12.1 Å². The zero-order valence-electron chi connectivity index (χ0n) is 10.1. The fraction of sp³-hybridized carbons (Fsp3) is 0.385. The summed E-state index contributed by atoms with van der Waals surface area (Å²) < 4.78 is 26.7. The number of hydrogen-bond donors (Lipinski definition) is 0. The Kier molecular flexibility index (Phi) is 3.78. The van der Waals surface area contributed by atoms with E-state index in [4.69, 9.17) is 0 Å². The van der Waals surface area contributed by atoms with Crippen molar-refractivity contribution < 1.29 is 23.5 Å². The molecule has 0 bridgehead atoms. The van der Waals surface area contributed by atoms with Crippen molar-refractivity contribution in [2.45, 2.75) is 25.3 Å². The Morgan fingerprint density at radius 3 is 2.84 bits per heavy atom. The van der Waals surface area contributed by atoms with Crippen molar-refractivity contribution in [3.8, 4) is 0 Å². The Hall–Kier alpha value is -1.98. The second-order valence-electron chi connectivity index (χ2n) is 4.57. The van der Waals surface area contributed by atoms with E-state index in [-0.39, 0.29) is 6.42 Å². The largest absolute Gasteiger partial charge is 0.548 e. The smallest absolute Gasteiger partial charge is 0.210 e. The number of nitrogens with zero attached hydrogens (tertiary/aromatic N) is 1. The Balaban J connectivity index is 2.21. The number of carboxylic acids is 1. The highest BCUT2D eigenvalue weighted by Gasteiger charge is 2.26. The summed E-state index contributed by atoms with van der Waals surface area (Å²) >= 11 is 0. The number of fused-ring (bicyclic) bond motifs is 1. The van der Waals surface area contributed by atoms with Crippen molar-refractivity contribution in [1.82, 2.24) is 4.90 Å². The van der Waals surface area contributed by atoms with E-state index < -0.39 is 30.2 Å². The van der Waals surface area contributed by atoms with E-state index >= 15 is 0 Å². The van der Waals surface area contributed by atoms with Gasteiger partial charge in [-0.1, -0.05) is 0 Å². The Labute approximate surface area is 108 Å². The topological polar surface area (TPSA) is 60.4 Å². The molecule has 1 atom stereocenters. The number of aliphatic carboxylic acids is 1. The average Bonchev–Trinajstić information content (AvgIpc) is 2.35. The summed E-state index contributed by atoms with van der Waals surface area (Å²) in [7, 11) is 0. The molecule has 4 nitrogen and oxygen atoms in total. The Bertz CT molecular complexity index is 519. The molecule has 1 amide bonds. The number of hydrogen-bond acceptors (Lipinski definition) is 3. The molecular formula is C13H12F2NO3-. The fourth-order valence-electron chi connectivity index (χ4n) is 2.45. The molecule has 0 aliphatic heterocycles. The van der Waals surface area contributed by atoms with Gasteiger partial charge >= 0.3 is 0 Å². The van der Waals surface area contributed by atoms with Crippen LogP contribution < -0.4 is 5.11 Å². The van der Waals surface area contributed by atoms with Crippen LogP contribution in [-0.2, 0) is 22.4 Å². The molecule has 1 aliphatic rings. The van der Waals surface area contributed by atoms with Gasteiger partial charge in [0.1, 0.15) is 11.6 Å². The van der Waals surface area contributed by atoms with Crippen molar-refractivity contribution in [1.29, 1.82) is 0 Å². The van der Waals surface area contributed by atoms with Crippen molar-refractivity contribution in [2.75, 3.05) is 6.54 Å². The SMILES string of the molecule is O=CN(CC(=O)[O-])C1CCc2cc(F)cc(F)c2C1. The van der Waals surface area contributed by atoms with E-state index in [0.717, 1.165) is 11.0 Å².